The molecule has 3 heteroatoms. The van der Waals surface area contributed by atoms with Crippen LogP contribution in [0.1, 0.15) is 33.1 Å². The Morgan fingerprint density at radius 3 is 2.85 bits per heavy atom. The molecule has 0 bridgehead atoms. The molecule has 0 saturated carbocycles. The summed E-state index contributed by atoms with van der Waals surface area (Å²) in [5, 5.41) is 3.17. The molecule has 0 radical (unpaired) electrons. The van der Waals surface area contributed by atoms with Gasteiger partial charge in [-0.1, -0.05) is 20.3 Å². The summed E-state index contributed by atoms with van der Waals surface area (Å²) in [5.74, 6) is 0.348. The lowest BCUT2D eigenvalue weighted by molar-refractivity contribution is -0.147. The van der Waals surface area contributed by atoms with Gasteiger partial charge in [0.1, 0.15) is 6.04 Å². The van der Waals surface area contributed by atoms with Gasteiger partial charge >= 0.3 is 5.97 Å². The van der Waals surface area contributed by atoms with E-state index in [4.69, 9.17) is 4.74 Å². The van der Waals surface area contributed by atoms with Crippen LogP contribution in [0.3, 0.4) is 0 Å². The number of carbonyl (C=O) groups excluding carboxylic acids is 1. The molecule has 1 saturated heterocycles. The van der Waals surface area contributed by atoms with Crippen LogP contribution in [0.5, 0.6) is 0 Å². The fraction of sp³-hybridized carbons (Fsp3) is 0.900. The van der Waals surface area contributed by atoms with Crippen molar-refractivity contribution in [3.8, 4) is 0 Å². The minimum Gasteiger partial charge on any atom is -0.464 e. The first-order chi connectivity index (χ1) is 6.20. The van der Waals surface area contributed by atoms with Crippen molar-refractivity contribution in [3.05, 3.63) is 0 Å². The van der Waals surface area contributed by atoms with E-state index in [-0.39, 0.29) is 12.0 Å². The molecule has 13 heavy (non-hydrogen) atoms. The van der Waals surface area contributed by atoms with Gasteiger partial charge in [-0.25, -0.2) is 0 Å². The van der Waals surface area contributed by atoms with Crippen LogP contribution in [-0.2, 0) is 9.53 Å². The van der Waals surface area contributed by atoms with E-state index in [1.165, 1.54) is 6.42 Å². The highest BCUT2D eigenvalue weighted by Gasteiger charge is 2.21. The first kappa shape index (κ1) is 10.5. The first-order valence-electron chi connectivity index (χ1n) is 5.10. The fourth-order valence-electron chi connectivity index (χ4n) is 1.40. The monoisotopic (exact) mass is 185 g/mol. The molecule has 1 heterocycles. The number of rotatable bonds is 3. The van der Waals surface area contributed by atoms with Gasteiger partial charge in [-0.3, -0.25) is 4.79 Å². The van der Waals surface area contributed by atoms with Gasteiger partial charge in [-0.05, 0) is 25.3 Å². The lowest BCUT2D eigenvalue weighted by atomic mass is 10.1. The molecule has 1 unspecified atom stereocenters. The average Bonchev–Trinajstić information content (AvgIpc) is 2.15. The molecule has 76 valence electrons. The van der Waals surface area contributed by atoms with Crippen molar-refractivity contribution in [1.82, 2.24) is 5.32 Å². The number of esters is 1. The zero-order chi connectivity index (χ0) is 9.68. The van der Waals surface area contributed by atoms with Crippen molar-refractivity contribution in [2.45, 2.75) is 39.2 Å². The van der Waals surface area contributed by atoms with Crippen molar-refractivity contribution in [3.63, 3.8) is 0 Å². The van der Waals surface area contributed by atoms with Gasteiger partial charge in [0.25, 0.3) is 0 Å². The van der Waals surface area contributed by atoms with E-state index in [2.05, 4.69) is 5.32 Å². The molecular weight excluding hydrogens is 166 g/mol. The van der Waals surface area contributed by atoms with Crippen LogP contribution in [0.2, 0.25) is 0 Å². The molecule has 1 rings (SSSR count). The number of piperidine rings is 1. The van der Waals surface area contributed by atoms with Crippen LogP contribution in [0.4, 0.5) is 0 Å². The van der Waals surface area contributed by atoms with Crippen molar-refractivity contribution >= 4 is 5.97 Å². The smallest absolute Gasteiger partial charge is 0.323 e. The van der Waals surface area contributed by atoms with E-state index in [9.17, 15) is 4.79 Å². The molecule has 1 atom stereocenters. The summed E-state index contributed by atoms with van der Waals surface area (Å²) in [5.41, 5.74) is 0. The summed E-state index contributed by atoms with van der Waals surface area (Å²) in [6, 6.07) is -0.0486. The first-order valence-corrected chi connectivity index (χ1v) is 5.10. The molecule has 1 fully saturated rings. The lowest BCUT2D eigenvalue weighted by Crippen LogP contribution is -2.41. The van der Waals surface area contributed by atoms with E-state index in [0.29, 0.717) is 12.5 Å². The topological polar surface area (TPSA) is 38.3 Å². The number of hydrogen-bond donors (Lipinski definition) is 1. The maximum atomic E-state index is 11.4. The van der Waals surface area contributed by atoms with Crippen molar-refractivity contribution < 1.29 is 9.53 Å². The number of ether oxygens (including phenoxy) is 1. The molecule has 0 aromatic rings. The van der Waals surface area contributed by atoms with Gasteiger partial charge in [0.15, 0.2) is 0 Å². The number of carbonyl (C=O) groups is 1. The average molecular weight is 185 g/mol. The molecule has 0 aliphatic carbocycles. The van der Waals surface area contributed by atoms with Crippen molar-refractivity contribution in [2.24, 2.45) is 5.92 Å². The standard InChI is InChI=1S/C10H19NO2/c1-8(2)7-13-10(12)9-5-3-4-6-11-9/h8-9,11H,3-7H2,1-2H3. The second-order valence-electron chi connectivity index (χ2n) is 4.03. The zero-order valence-electron chi connectivity index (χ0n) is 8.51. The van der Waals surface area contributed by atoms with Crippen molar-refractivity contribution in [1.29, 1.82) is 0 Å². The van der Waals surface area contributed by atoms with Crippen LogP contribution >= 0.6 is 0 Å². The van der Waals surface area contributed by atoms with Crippen LogP contribution < -0.4 is 5.32 Å². The number of hydrogen-bond acceptors (Lipinski definition) is 3. The summed E-state index contributed by atoms with van der Waals surface area (Å²) in [7, 11) is 0. The Labute approximate surface area is 79.8 Å². The second-order valence-corrected chi connectivity index (χ2v) is 4.03. The molecule has 1 N–H and O–H groups in total. The van der Waals surface area contributed by atoms with Gasteiger partial charge in [0.05, 0.1) is 6.61 Å². The zero-order valence-corrected chi connectivity index (χ0v) is 8.51. The summed E-state index contributed by atoms with van der Waals surface area (Å²) >= 11 is 0. The third kappa shape index (κ3) is 3.77. The van der Waals surface area contributed by atoms with Crippen LogP contribution in [-0.4, -0.2) is 25.2 Å². The Balaban J connectivity index is 2.21. The maximum Gasteiger partial charge on any atom is 0.323 e. The minimum absolute atomic E-state index is 0.0486. The van der Waals surface area contributed by atoms with E-state index in [1.54, 1.807) is 0 Å². The third-order valence-electron chi connectivity index (χ3n) is 2.15. The summed E-state index contributed by atoms with van der Waals surface area (Å²) in [4.78, 5) is 11.4. The van der Waals surface area contributed by atoms with E-state index >= 15 is 0 Å². The molecule has 1 aliphatic rings. The Morgan fingerprint density at radius 2 is 2.31 bits per heavy atom. The summed E-state index contributed by atoms with van der Waals surface area (Å²) in [6.45, 7) is 5.57. The largest absolute Gasteiger partial charge is 0.464 e. The SMILES string of the molecule is CC(C)COC(=O)C1CCCCN1. The number of nitrogens with one attached hydrogen (secondary N) is 1. The predicted molar refractivity (Wildman–Crippen MR) is 51.4 cm³/mol. The Kier molecular flexibility index (Phi) is 4.22. The van der Waals surface area contributed by atoms with Gasteiger partial charge in [0.2, 0.25) is 0 Å². The van der Waals surface area contributed by atoms with E-state index < -0.39 is 0 Å². The van der Waals surface area contributed by atoms with Gasteiger partial charge in [-0.15, -0.1) is 0 Å². The quantitative estimate of drug-likeness (QED) is 0.674. The molecular formula is C10H19NO2. The molecule has 0 amide bonds. The van der Waals surface area contributed by atoms with Gasteiger partial charge < -0.3 is 10.1 Å². The summed E-state index contributed by atoms with van der Waals surface area (Å²) in [6.07, 6.45) is 3.24. The Morgan fingerprint density at radius 1 is 1.54 bits per heavy atom. The third-order valence-corrected chi connectivity index (χ3v) is 2.15. The highest BCUT2D eigenvalue weighted by Crippen LogP contribution is 2.08. The second kappa shape index (κ2) is 5.22. The fourth-order valence-corrected chi connectivity index (χ4v) is 1.40. The van der Waals surface area contributed by atoms with E-state index in [1.807, 2.05) is 13.8 Å². The summed E-state index contributed by atoms with van der Waals surface area (Å²) < 4.78 is 5.14. The Hall–Kier alpha value is -0.570. The lowest BCUT2D eigenvalue weighted by Gasteiger charge is -2.22. The molecule has 0 spiro atoms. The van der Waals surface area contributed by atoms with Crippen LogP contribution in [0.25, 0.3) is 0 Å². The normalized spacial score (nSPS) is 23.2. The maximum absolute atomic E-state index is 11.4. The van der Waals surface area contributed by atoms with Gasteiger partial charge in [0, 0.05) is 0 Å². The van der Waals surface area contributed by atoms with Crippen molar-refractivity contribution in [2.75, 3.05) is 13.2 Å². The minimum atomic E-state index is -0.0756. The molecule has 0 aromatic carbocycles. The van der Waals surface area contributed by atoms with Crippen LogP contribution in [0.15, 0.2) is 0 Å². The molecule has 3 nitrogen and oxygen atoms in total. The van der Waals surface area contributed by atoms with Gasteiger partial charge in [-0.2, -0.15) is 0 Å². The molecule has 1 aliphatic heterocycles. The van der Waals surface area contributed by atoms with Crippen LogP contribution in [0, 0.1) is 5.92 Å². The van der Waals surface area contributed by atoms with E-state index in [0.717, 1.165) is 19.4 Å². The highest BCUT2D eigenvalue weighted by molar-refractivity contribution is 5.75. The predicted octanol–water partition coefficient (Wildman–Crippen LogP) is 1.33. The highest BCUT2D eigenvalue weighted by atomic mass is 16.5. The molecule has 0 aromatic heterocycles. The Bertz CT molecular complexity index is 162.